The minimum Gasteiger partial charge on any atom is -0.477 e. The molecule has 2 aromatic rings. The lowest BCUT2D eigenvalue weighted by Crippen LogP contribution is -2.53. The van der Waals surface area contributed by atoms with E-state index in [0.717, 1.165) is 50.9 Å². The summed E-state index contributed by atoms with van der Waals surface area (Å²) in [5.74, 6) is 0.684. The largest absolute Gasteiger partial charge is 0.477 e. The first-order valence-electron chi connectivity index (χ1n) is 11.9. The van der Waals surface area contributed by atoms with Gasteiger partial charge in [0.15, 0.2) is 6.10 Å². The lowest BCUT2D eigenvalue weighted by atomic mass is 9.88. The molecule has 0 radical (unpaired) electrons. The highest BCUT2D eigenvalue weighted by Crippen LogP contribution is 2.34. The van der Waals surface area contributed by atoms with E-state index in [2.05, 4.69) is 23.5 Å². The van der Waals surface area contributed by atoms with Gasteiger partial charge in [-0.1, -0.05) is 36.4 Å². The van der Waals surface area contributed by atoms with Gasteiger partial charge in [-0.25, -0.2) is 0 Å². The van der Waals surface area contributed by atoms with Crippen molar-refractivity contribution in [2.24, 2.45) is 0 Å². The number of rotatable bonds is 4. The highest BCUT2D eigenvalue weighted by Gasteiger charge is 2.35. The molecule has 2 atom stereocenters. The van der Waals surface area contributed by atoms with Crippen LogP contribution in [0, 0.1) is 0 Å². The third kappa shape index (κ3) is 4.31. The Kier molecular flexibility index (Phi) is 6.02. The Morgan fingerprint density at radius 2 is 1.75 bits per heavy atom. The Hall–Kier alpha value is -3.02. The fourth-order valence-electron chi connectivity index (χ4n) is 5.22. The summed E-state index contributed by atoms with van der Waals surface area (Å²) in [6.45, 7) is 2.19. The average Bonchev–Trinajstić information content (AvgIpc) is 2.84. The van der Waals surface area contributed by atoms with Crippen LogP contribution >= 0.6 is 0 Å². The first-order chi connectivity index (χ1) is 15.7. The van der Waals surface area contributed by atoms with Crippen LogP contribution in [0.1, 0.15) is 49.3 Å². The molecule has 2 amide bonds. The monoisotopic (exact) mass is 433 g/mol. The summed E-state index contributed by atoms with van der Waals surface area (Å²) in [5.41, 5.74) is 3.43. The minimum absolute atomic E-state index is 0.0208. The van der Waals surface area contributed by atoms with E-state index in [0.29, 0.717) is 12.3 Å². The Morgan fingerprint density at radius 1 is 0.969 bits per heavy atom. The lowest BCUT2D eigenvalue weighted by Gasteiger charge is -2.38. The molecule has 2 aliphatic heterocycles. The number of hydrogen-bond donors (Lipinski definition) is 1. The number of carbonyl (C=O) groups excluding carboxylic acids is 2. The van der Waals surface area contributed by atoms with E-state index >= 15 is 0 Å². The second-order valence-electron chi connectivity index (χ2n) is 9.05. The van der Waals surface area contributed by atoms with Crippen LogP contribution < -0.4 is 15.0 Å². The maximum Gasteiger partial charge on any atom is 0.265 e. The molecule has 0 aromatic heterocycles. The zero-order valence-electron chi connectivity index (χ0n) is 18.5. The molecule has 1 saturated heterocycles. The second kappa shape index (κ2) is 9.23. The van der Waals surface area contributed by atoms with Crippen molar-refractivity contribution >= 4 is 17.5 Å². The summed E-state index contributed by atoms with van der Waals surface area (Å²) in [7, 11) is 0. The molecule has 1 N–H and O–H groups in total. The number of carbonyl (C=O) groups is 2. The molecule has 5 rings (SSSR count). The zero-order valence-corrected chi connectivity index (χ0v) is 18.5. The van der Waals surface area contributed by atoms with E-state index in [9.17, 15) is 9.59 Å². The number of hydrogen-bond acceptors (Lipinski definition) is 4. The molecule has 2 heterocycles. The molecule has 0 saturated carbocycles. The number of fused-ring (bicyclic) bond motifs is 2. The van der Waals surface area contributed by atoms with Gasteiger partial charge in [-0.05, 0) is 61.8 Å². The Morgan fingerprint density at radius 3 is 2.62 bits per heavy atom. The van der Waals surface area contributed by atoms with Gasteiger partial charge < -0.3 is 19.9 Å². The van der Waals surface area contributed by atoms with Gasteiger partial charge >= 0.3 is 0 Å². The number of anilines is 1. The summed E-state index contributed by atoms with van der Waals surface area (Å²) >= 11 is 0. The molecule has 168 valence electrons. The Balaban J connectivity index is 1.30. The molecule has 6 nitrogen and oxygen atoms in total. The van der Waals surface area contributed by atoms with Crippen LogP contribution in [-0.2, 0) is 16.0 Å². The van der Waals surface area contributed by atoms with Crippen LogP contribution in [0.4, 0.5) is 5.69 Å². The molecule has 3 aliphatic rings. The van der Waals surface area contributed by atoms with Gasteiger partial charge in [0.2, 0.25) is 5.91 Å². The van der Waals surface area contributed by atoms with Crippen LogP contribution in [0.3, 0.4) is 0 Å². The first kappa shape index (κ1) is 20.9. The Labute approximate surface area is 189 Å². The first-order valence-corrected chi connectivity index (χ1v) is 11.9. The van der Waals surface area contributed by atoms with Crippen molar-refractivity contribution in [3.8, 4) is 5.75 Å². The zero-order chi connectivity index (χ0) is 21.9. The number of nitrogens with zero attached hydrogens (tertiary/aromatic N) is 2. The van der Waals surface area contributed by atoms with Crippen molar-refractivity contribution in [3.63, 3.8) is 0 Å². The SMILES string of the molecule is O=C(CN1C[C@@H](C(=O)N2CCCCC2)Oc2ccccc21)N[C@H]1CCCc2ccccc21. The summed E-state index contributed by atoms with van der Waals surface area (Å²) in [6.07, 6.45) is 5.79. The minimum atomic E-state index is -0.578. The molecular weight excluding hydrogens is 402 g/mol. The van der Waals surface area contributed by atoms with Gasteiger partial charge in [-0.15, -0.1) is 0 Å². The van der Waals surface area contributed by atoms with Crippen molar-refractivity contribution in [2.75, 3.05) is 31.1 Å². The number of amides is 2. The summed E-state index contributed by atoms with van der Waals surface area (Å²) in [4.78, 5) is 30.1. The Bertz CT molecular complexity index is 986. The quantitative estimate of drug-likeness (QED) is 0.802. The van der Waals surface area contributed by atoms with Crippen LogP contribution in [0.15, 0.2) is 48.5 Å². The van der Waals surface area contributed by atoms with E-state index in [-0.39, 0.29) is 24.4 Å². The molecule has 2 aromatic carbocycles. The standard InChI is InChI=1S/C26H31N3O3/c30-25(27-21-12-8-10-19-9-2-3-11-20(19)21)18-29-17-24(26(31)28-15-6-1-7-16-28)32-23-14-5-4-13-22(23)29/h2-5,9,11,13-14,21,24H,1,6-8,10,12,15-18H2,(H,27,30)/t21-,24-/m0/s1. The molecular formula is C26H31N3O3. The number of likely N-dealkylation sites (tertiary alicyclic amines) is 1. The number of nitrogens with one attached hydrogen (secondary N) is 1. The fraction of sp³-hybridized carbons (Fsp3) is 0.462. The number of benzene rings is 2. The van der Waals surface area contributed by atoms with Crippen molar-refractivity contribution in [1.29, 1.82) is 0 Å². The fourth-order valence-corrected chi connectivity index (χ4v) is 5.22. The van der Waals surface area contributed by atoms with Crippen LogP contribution in [-0.4, -0.2) is 49.0 Å². The molecule has 1 aliphatic carbocycles. The summed E-state index contributed by atoms with van der Waals surface area (Å²) in [6, 6.07) is 16.1. The second-order valence-corrected chi connectivity index (χ2v) is 9.05. The third-order valence-electron chi connectivity index (χ3n) is 6.84. The number of ether oxygens (including phenoxy) is 1. The van der Waals surface area contributed by atoms with Crippen molar-refractivity contribution < 1.29 is 14.3 Å². The molecule has 0 spiro atoms. The molecule has 6 heteroatoms. The van der Waals surface area contributed by atoms with E-state index in [4.69, 9.17) is 4.74 Å². The van der Waals surface area contributed by atoms with E-state index < -0.39 is 6.10 Å². The highest BCUT2D eigenvalue weighted by molar-refractivity contribution is 5.86. The van der Waals surface area contributed by atoms with Crippen molar-refractivity contribution in [3.05, 3.63) is 59.7 Å². The lowest BCUT2D eigenvalue weighted by molar-refractivity contribution is -0.139. The molecule has 0 bridgehead atoms. The third-order valence-corrected chi connectivity index (χ3v) is 6.84. The smallest absolute Gasteiger partial charge is 0.265 e. The summed E-state index contributed by atoms with van der Waals surface area (Å²) in [5, 5.41) is 3.24. The predicted octanol–water partition coefficient (Wildman–Crippen LogP) is 3.46. The number of aryl methyl sites for hydroxylation is 1. The van der Waals surface area contributed by atoms with Crippen LogP contribution in [0.25, 0.3) is 0 Å². The average molecular weight is 434 g/mol. The maximum absolute atomic E-state index is 13.1. The van der Waals surface area contributed by atoms with Crippen molar-refractivity contribution in [2.45, 2.75) is 50.7 Å². The number of piperidine rings is 1. The van der Waals surface area contributed by atoms with E-state index in [1.54, 1.807) is 0 Å². The summed E-state index contributed by atoms with van der Waals surface area (Å²) < 4.78 is 6.09. The van der Waals surface area contributed by atoms with Gasteiger partial charge in [-0.3, -0.25) is 9.59 Å². The van der Waals surface area contributed by atoms with Gasteiger partial charge in [0.25, 0.3) is 5.91 Å². The van der Waals surface area contributed by atoms with Gasteiger partial charge in [0, 0.05) is 13.1 Å². The van der Waals surface area contributed by atoms with Crippen molar-refractivity contribution in [1.82, 2.24) is 10.2 Å². The predicted molar refractivity (Wildman–Crippen MR) is 124 cm³/mol. The normalized spacial score (nSPS) is 22.4. The van der Waals surface area contributed by atoms with Gasteiger partial charge in [0.1, 0.15) is 5.75 Å². The van der Waals surface area contributed by atoms with Crippen LogP contribution in [0.2, 0.25) is 0 Å². The van der Waals surface area contributed by atoms with Gasteiger partial charge in [0.05, 0.1) is 24.8 Å². The topological polar surface area (TPSA) is 61.9 Å². The highest BCUT2D eigenvalue weighted by atomic mass is 16.5. The van der Waals surface area contributed by atoms with Crippen LogP contribution in [0.5, 0.6) is 5.75 Å². The maximum atomic E-state index is 13.1. The van der Waals surface area contributed by atoms with E-state index in [1.165, 1.54) is 17.5 Å². The molecule has 1 fully saturated rings. The molecule has 32 heavy (non-hydrogen) atoms. The molecule has 0 unspecified atom stereocenters. The van der Waals surface area contributed by atoms with Gasteiger partial charge in [-0.2, -0.15) is 0 Å². The van der Waals surface area contributed by atoms with E-state index in [1.807, 2.05) is 40.1 Å². The number of para-hydroxylation sites is 2.